The van der Waals surface area contributed by atoms with Gasteiger partial charge in [-0.25, -0.2) is 4.79 Å². The third-order valence-electron chi connectivity index (χ3n) is 3.11. The largest absolute Gasteiger partial charge is 0.494 e. The van der Waals surface area contributed by atoms with Gasteiger partial charge in [-0.2, -0.15) is 0 Å². The quantitative estimate of drug-likeness (QED) is 0.835. The average Bonchev–Trinajstić information content (AvgIpc) is 2.40. The van der Waals surface area contributed by atoms with Crippen molar-refractivity contribution in [3.8, 4) is 29.4 Å². The van der Waals surface area contributed by atoms with Crippen molar-refractivity contribution in [3.05, 3.63) is 49.6 Å². The van der Waals surface area contributed by atoms with E-state index in [4.69, 9.17) is 6.42 Å². The highest BCUT2D eigenvalue weighted by molar-refractivity contribution is 9.10. The molecule has 6 heteroatoms. The van der Waals surface area contributed by atoms with Crippen molar-refractivity contribution in [2.24, 2.45) is 0 Å². The first-order valence-corrected chi connectivity index (χ1v) is 7.02. The van der Waals surface area contributed by atoms with Gasteiger partial charge < -0.3 is 5.11 Å². The van der Waals surface area contributed by atoms with Crippen LogP contribution >= 0.6 is 15.9 Å². The summed E-state index contributed by atoms with van der Waals surface area (Å²) < 4.78 is 1.94. The standard InChI is InChI=1S/C15H13BrN2O3/c1-3-4-9(2)18-14(20)12(13(19)17-15(18)21)10-5-7-11(16)8-6-10/h1,5-9,20H,4H2,2H3,(H,17,19,21). The van der Waals surface area contributed by atoms with E-state index in [1.165, 1.54) is 0 Å². The number of aromatic amines is 1. The second kappa shape index (κ2) is 6.02. The number of nitrogens with one attached hydrogen (secondary N) is 1. The molecule has 2 rings (SSSR count). The van der Waals surface area contributed by atoms with Gasteiger partial charge in [-0.15, -0.1) is 12.3 Å². The Kier molecular flexibility index (Phi) is 4.34. The van der Waals surface area contributed by atoms with Gasteiger partial charge in [-0.3, -0.25) is 14.3 Å². The molecule has 0 fully saturated rings. The summed E-state index contributed by atoms with van der Waals surface area (Å²) >= 11 is 3.30. The van der Waals surface area contributed by atoms with Crippen LogP contribution in [0.4, 0.5) is 0 Å². The lowest BCUT2D eigenvalue weighted by Crippen LogP contribution is -2.32. The topological polar surface area (TPSA) is 75.1 Å². The number of halogens is 1. The fraction of sp³-hybridized carbons (Fsp3) is 0.200. The lowest BCUT2D eigenvalue weighted by molar-refractivity contribution is 0.376. The van der Waals surface area contributed by atoms with Gasteiger partial charge in [0.25, 0.3) is 5.56 Å². The molecule has 0 radical (unpaired) electrons. The predicted molar refractivity (Wildman–Crippen MR) is 84.3 cm³/mol. The van der Waals surface area contributed by atoms with Gasteiger partial charge in [0.15, 0.2) is 0 Å². The molecule has 0 saturated heterocycles. The molecule has 2 N–H and O–H groups in total. The van der Waals surface area contributed by atoms with E-state index in [0.29, 0.717) is 5.56 Å². The van der Waals surface area contributed by atoms with Gasteiger partial charge in [0.1, 0.15) is 5.56 Å². The van der Waals surface area contributed by atoms with E-state index in [1.807, 2.05) is 0 Å². The molecule has 1 unspecified atom stereocenters. The molecule has 108 valence electrons. The minimum atomic E-state index is -0.680. The Morgan fingerprint density at radius 1 is 1.38 bits per heavy atom. The third-order valence-corrected chi connectivity index (χ3v) is 3.63. The van der Waals surface area contributed by atoms with Crippen molar-refractivity contribution < 1.29 is 5.11 Å². The first kappa shape index (κ1) is 15.1. The fourth-order valence-corrected chi connectivity index (χ4v) is 2.35. The van der Waals surface area contributed by atoms with Crippen LogP contribution in [0.25, 0.3) is 11.1 Å². The van der Waals surface area contributed by atoms with Gasteiger partial charge >= 0.3 is 5.69 Å². The van der Waals surface area contributed by atoms with E-state index in [2.05, 4.69) is 26.8 Å². The highest BCUT2D eigenvalue weighted by Crippen LogP contribution is 2.27. The van der Waals surface area contributed by atoms with E-state index in [1.54, 1.807) is 31.2 Å². The number of hydrogen-bond acceptors (Lipinski definition) is 3. The minimum Gasteiger partial charge on any atom is -0.494 e. The van der Waals surface area contributed by atoms with Crippen LogP contribution in [0.2, 0.25) is 0 Å². The lowest BCUT2D eigenvalue weighted by Gasteiger charge is -2.16. The van der Waals surface area contributed by atoms with Gasteiger partial charge in [0.2, 0.25) is 5.88 Å². The predicted octanol–water partition coefficient (Wildman–Crippen LogP) is 2.26. The maximum Gasteiger partial charge on any atom is 0.331 e. The molecule has 0 saturated carbocycles. The molecule has 0 amide bonds. The van der Waals surface area contributed by atoms with Crippen LogP contribution in [-0.4, -0.2) is 14.7 Å². The van der Waals surface area contributed by atoms with Crippen LogP contribution in [0.5, 0.6) is 5.88 Å². The maximum atomic E-state index is 12.0. The number of terminal acetylenes is 1. The number of hydrogen-bond donors (Lipinski definition) is 2. The number of aromatic hydroxyl groups is 1. The Morgan fingerprint density at radius 2 is 2.00 bits per heavy atom. The lowest BCUT2D eigenvalue weighted by atomic mass is 10.1. The molecule has 21 heavy (non-hydrogen) atoms. The van der Waals surface area contributed by atoms with Gasteiger partial charge in [0.05, 0.1) is 0 Å². The van der Waals surface area contributed by atoms with Crippen LogP contribution in [0.1, 0.15) is 19.4 Å². The van der Waals surface area contributed by atoms with Crippen LogP contribution in [0.3, 0.4) is 0 Å². The van der Waals surface area contributed by atoms with Gasteiger partial charge in [-0.1, -0.05) is 28.1 Å². The van der Waals surface area contributed by atoms with Crippen molar-refractivity contribution in [2.45, 2.75) is 19.4 Å². The summed E-state index contributed by atoms with van der Waals surface area (Å²) in [5.41, 5.74) is -0.755. The average molecular weight is 349 g/mol. The van der Waals surface area contributed by atoms with Crippen LogP contribution in [-0.2, 0) is 0 Å². The van der Waals surface area contributed by atoms with Crippen molar-refractivity contribution in [1.82, 2.24) is 9.55 Å². The van der Waals surface area contributed by atoms with E-state index in [9.17, 15) is 14.7 Å². The van der Waals surface area contributed by atoms with Gasteiger partial charge in [-0.05, 0) is 24.6 Å². The molecule has 0 aliphatic carbocycles. The molecule has 1 heterocycles. The summed E-state index contributed by atoms with van der Waals surface area (Å²) in [6, 6.07) is 6.42. The maximum absolute atomic E-state index is 12.0. The molecule has 1 atom stereocenters. The van der Waals surface area contributed by atoms with E-state index < -0.39 is 17.3 Å². The Hall–Kier alpha value is -2.26. The minimum absolute atomic E-state index is 0.0472. The Bertz CT molecular complexity index is 813. The highest BCUT2D eigenvalue weighted by atomic mass is 79.9. The fourth-order valence-electron chi connectivity index (χ4n) is 2.09. The Morgan fingerprint density at radius 3 is 2.57 bits per heavy atom. The molecular formula is C15H13BrN2O3. The molecule has 5 nitrogen and oxygen atoms in total. The molecule has 2 aromatic rings. The monoisotopic (exact) mass is 348 g/mol. The van der Waals surface area contributed by atoms with Crippen LogP contribution in [0, 0.1) is 12.3 Å². The van der Waals surface area contributed by atoms with E-state index in [0.717, 1.165) is 9.04 Å². The molecule has 0 spiro atoms. The number of nitrogens with zero attached hydrogens (tertiary/aromatic N) is 1. The summed E-state index contributed by atoms with van der Waals surface area (Å²) in [5, 5.41) is 10.3. The molecular weight excluding hydrogens is 336 g/mol. The second-order valence-corrected chi connectivity index (χ2v) is 5.51. The zero-order valence-electron chi connectivity index (χ0n) is 11.3. The van der Waals surface area contributed by atoms with Crippen LogP contribution in [0.15, 0.2) is 38.3 Å². The second-order valence-electron chi connectivity index (χ2n) is 4.59. The number of benzene rings is 1. The number of aromatic nitrogens is 2. The van der Waals surface area contributed by atoms with Crippen molar-refractivity contribution in [1.29, 1.82) is 0 Å². The Balaban J connectivity index is 2.71. The third kappa shape index (κ3) is 2.93. The summed E-state index contributed by atoms with van der Waals surface area (Å²) in [6.07, 6.45) is 5.50. The molecule has 1 aromatic heterocycles. The summed E-state index contributed by atoms with van der Waals surface area (Å²) in [6.45, 7) is 1.70. The molecule has 0 bridgehead atoms. The summed E-state index contributed by atoms with van der Waals surface area (Å²) in [7, 11) is 0. The normalized spacial score (nSPS) is 11.9. The van der Waals surface area contributed by atoms with E-state index >= 15 is 0 Å². The Labute approximate surface area is 129 Å². The first-order valence-electron chi connectivity index (χ1n) is 6.23. The van der Waals surface area contributed by atoms with Crippen molar-refractivity contribution in [3.63, 3.8) is 0 Å². The highest BCUT2D eigenvalue weighted by Gasteiger charge is 2.19. The zero-order valence-corrected chi connectivity index (χ0v) is 12.8. The first-order chi connectivity index (χ1) is 9.95. The van der Waals surface area contributed by atoms with Gasteiger partial charge in [0, 0.05) is 16.9 Å². The SMILES string of the molecule is C#CCC(C)n1c(O)c(-c2ccc(Br)cc2)c(=O)[nH]c1=O. The molecule has 1 aromatic carbocycles. The van der Waals surface area contributed by atoms with Crippen molar-refractivity contribution >= 4 is 15.9 Å². The molecule has 0 aliphatic heterocycles. The number of rotatable bonds is 3. The van der Waals surface area contributed by atoms with Crippen molar-refractivity contribution in [2.75, 3.05) is 0 Å². The van der Waals surface area contributed by atoms with Crippen LogP contribution < -0.4 is 11.2 Å². The smallest absolute Gasteiger partial charge is 0.331 e. The summed E-state index contributed by atoms with van der Waals surface area (Å²) in [4.78, 5) is 26.1. The zero-order chi connectivity index (χ0) is 15.6. The number of H-pyrrole nitrogens is 1. The van der Waals surface area contributed by atoms with E-state index in [-0.39, 0.29) is 17.9 Å². The summed E-state index contributed by atoms with van der Waals surface area (Å²) in [5.74, 6) is 2.05. The molecule has 0 aliphatic rings.